The van der Waals surface area contributed by atoms with Crippen LogP contribution in [0.2, 0.25) is 0 Å². The van der Waals surface area contributed by atoms with E-state index < -0.39 is 0 Å². The summed E-state index contributed by atoms with van der Waals surface area (Å²) in [7, 11) is 0. The molecule has 0 atom stereocenters. The number of aliphatic hydroxyl groups excluding tert-OH is 1. The lowest BCUT2D eigenvalue weighted by molar-refractivity contribution is 0.173. The van der Waals surface area contributed by atoms with Gasteiger partial charge in [-0.25, -0.2) is 0 Å². The molecule has 0 amide bonds. The van der Waals surface area contributed by atoms with Crippen molar-refractivity contribution >= 4 is 22.1 Å². The van der Waals surface area contributed by atoms with Gasteiger partial charge in [-0.2, -0.15) is 0 Å². The molecule has 0 aliphatic heterocycles. The Bertz CT molecular complexity index is 606. The van der Waals surface area contributed by atoms with Crippen LogP contribution < -0.4 is 11.1 Å². The van der Waals surface area contributed by atoms with E-state index in [9.17, 15) is 5.11 Å². The van der Waals surface area contributed by atoms with Crippen LogP contribution in [0.3, 0.4) is 0 Å². The highest BCUT2D eigenvalue weighted by atomic mass is 16.3. The number of hydrogen-bond donors (Lipinski definition) is 3. The average Bonchev–Trinajstić information content (AvgIpc) is 2.51. The molecule has 4 heteroatoms. The summed E-state index contributed by atoms with van der Waals surface area (Å²) in [4.78, 5) is 4.11. The Morgan fingerprint density at radius 1 is 1.20 bits per heavy atom. The number of pyridine rings is 1. The van der Waals surface area contributed by atoms with Gasteiger partial charge in [-0.3, -0.25) is 4.98 Å². The van der Waals surface area contributed by atoms with Crippen LogP contribution in [0.4, 0.5) is 11.4 Å². The van der Waals surface area contributed by atoms with Crippen molar-refractivity contribution in [1.29, 1.82) is 0 Å². The number of anilines is 2. The molecule has 1 aromatic carbocycles. The topological polar surface area (TPSA) is 71.2 Å². The monoisotopic (exact) mass is 271 g/mol. The van der Waals surface area contributed by atoms with Gasteiger partial charge in [0.2, 0.25) is 0 Å². The fourth-order valence-corrected chi connectivity index (χ4v) is 3.14. The molecular formula is C16H21N3O. The van der Waals surface area contributed by atoms with Crippen LogP contribution in [-0.4, -0.2) is 22.2 Å². The van der Waals surface area contributed by atoms with E-state index in [-0.39, 0.29) is 12.1 Å². The Hall–Kier alpha value is -1.81. The Labute approximate surface area is 119 Å². The lowest BCUT2D eigenvalue weighted by Crippen LogP contribution is -2.44. The molecule has 1 aliphatic rings. The van der Waals surface area contributed by atoms with Crippen molar-refractivity contribution in [3.63, 3.8) is 0 Å². The number of nitrogens with one attached hydrogen (secondary N) is 1. The van der Waals surface area contributed by atoms with Crippen molar-refractivity contribution in [3.8, 4) is 0 Å². The van der Waals surface area contributed by atoms with Gasteiger partial charge in [0.1, 0.15) is 0 Å². The second-order valence-corrected chi connectivity index (χ2v) is 5.75. The van der Waals surface area contributed by atoms with E-state index in [0.29, 0.717) is 0 Å². The van der Waals surface area contributed by atoms with E-state index in [0.717, 1.165) is 47.8 Å². The molecule has 1 aliphatic carbocycles. The van der Waals surface area contributed by atoms with Crippen LogP contribution in [-0.2, 0) is 0 Å². The van der Waals surface area contributed by atoms with Crippen LogP contribution in [0.25, 0.3) is 10.8 Å². The minimum absolute atomic E-state index is 0.154. The predicted molar refractivity (Wildman–Crippen MR) is 82.7 cm³/mol. The first-order valence-electron chi connectivity index (χ1n) is 7.25. The minimum atomic E-state index is -0.215. The number of benzene rings is 1. The van der Waals surface area contributed by atoms with Crippen LogP contribution in [0.15, 0.2) is 30.6 Å². The number of rotatable bonds is 3. The van der Waals surface area contributed by atoms with E-state index >= 15 is 0 Å². The standard InChI is InChI=1S/C16H21N3O/c17-15-13-6-9-18-10-12(13)4-5-14(15)19-16(11-20)7-2-1-3-8-16/h4-6,9-10,19-20H,1-3,7-8,11,17H2. The highest BCUT2D eigenvalue weighted by Gasteiger charge is 2.31. The van der Waals surface area contributed by atoms with Crippen molar-refractivity contribution in [2.45, 2.75) is 37.6 Å². The van der Waals surface area contributed by atoms with Gasteiger partial charge in [0.15, 0.2) is 0 Å². The zero-order valence-corrected chi connectivity index (χ0v) is 11.6. The fourth-order valence-electron chi connectivity index (χ4n) is 3.14. The van der Waals surface area contributed by atoms with Crippen molar-refractivity contribution in [2.24, 2.45) is 0 Å². The third kappa shape index (κ3) is 2.31. The first-order chi connectivity index (χ1) is 9.74. The molecule has 20 heavy (non-hydrogen) atoms. The summed E-state index contributed by atoms with van der Waals surface area (Å²) in [5.41, 5.74) is 7.72. The summed E-state index contributed by atoms with van der Waals surface area (Å²) in [6.45, 7) is 0.154. The molecule has 3 rings (SSSR count). The van der Waals surface area contributed by atoms with Crippen LogP contribution >= 0.6 is 0 Å². The molecule has 106 valence electrons. The molecule has 0 radical (unpaired) electrons. The summed E-state index contributed by atoms with van der Waals surface area (Å²) in [6.07, 6.45) is 9.13. The second-order valence-electron chi connectivity index (χ2n) is 5.75. The minimum Gasteiger partial charge on any atom is -0.397 e. The number of fused-ring (bicyclic) bond motifs is 1. The average molecular weight is 271 g/mol. The van der Waals surface area contributed by atoms with E-state index in [1.165, 1.54) is 6.42 Å². The molecular weight excluding hydrogens is 250 g/mol. The van der Waals surface area contributed by atoms with Crippen LogP contribution in [0, 0.1) is 0 Å². The van der Waals surface area contributed by atoms with E-state index in [1.807, 2.05) is 24.4 Å². The zero-order valence-electron chi connectivity index (χ0n) is 11.6. The Morgan fingerprint density at radius 3 is 2.75 bits per heavy atom. The van der Waals surface area contributed by atoms with Gasteiger partial charge in [-0.1, -0.05) is 25.3 Å². The van der Waals surface area contributed by atoms with Crippen LogP contribution in [0.1, 0.15) is 32.1 Å². The Balaban J connectivity index is 1.95. The third-order valence-electron chi connectivity index (χ3n) is 4.37. The highest BCUT2D eigenvalue weighted by Crippen LogP contribution is 2.35. The quantitative estimate of drug-likeness (QED) is 0.751. The fraction of sp³-hybridized carbons (Fsp3) is 0.438. The lowest BCUT2D eigenvalue weighted by atomic mass is 9.82. The predicted octanol–water partition coefficient (Wildman–Crippen LogP) is 2.92. The van der Waals surface area contributed by atoms with E-state index in [4.69, 9.17) is 5.73 Å². The summed E-state index contributed by atoms with van der Waals surface area (Å²) >= 11 is 0. The third-order valence-corrected chi connectivity index (χ3v) is 4.37. The molecule has 2 aromatic rings. The van der Waals surface area contributed by atoms with Gasteiger partial charge < -0.3 is 16.2 Å². The Kier molecular flexibility index (Phi) is 3.49. The maximum absolute atomic E-state index is 9.79. The first-order valence-corrected chi connectivity index (χ1v) is 7.25. The molecule has 4 N–H and O–H groups in total. The number of aliphatic hydroxyl groups is 1. The summed E-state index contributed by atoms with van der Waals surface area (Å²) in [6, 6.07) is 5.95. The molecule has 1 aromatic heterocycles. The molecule has 0 saturated heterocycles. The SMILES string of the molecule is Nc1c(NC2(CO)CCCCC2)ccc2cnccc12. The van der Waals surface area contributed by atoms with Crippen molar-refractivity contribution < 1.29 is 5.11 Å². The lowest BCUT2D eigenvalue weighted by Gasteiger charge is -2.37. The highest BCUT2D eigenvalue weighted by molar-refractivity contribution is 5.98. The van der Waals surface area contributed by atoms with Crippen molar-refractivity contribution in [1.82, 2.24) is 4.98 Å². The largest absolute Gasteiger partial charge is 0.397 e. The Morgan fingerprint density at radius 2 is 2.00 bits per heavy atom. The maximum atomic E-state index is 9.79. The van der Waals surface area contributed by atoms with Gasteiger partial charge in [0, 0.05) is 23.2 Å². The van der Waals surface area contributed by atoms with Gasteiger partial charge in [-0.15, -0.1) is 0 Å². The van der Waals surface area contributed by atoms with E-state index in [1.54, 1.807) is 6.20 Å². The second kappa shape index (κ2) is 5.29. The number of nitrogens with zero attached hydrogens (tertiary/aromatic N) is 1. The molecule has 1 fully saturated rings. The smallest absolute Gasteiger partial charge is 0.0661 e. The normalized spacial score (nSPS) is 18.1. The number of hydrogen-bond acceptors (Lipinski definition) is 4. The molecule has 0 bridgehead atoms. The number of nitrogens with two attached hydrogens (primary N) is 1. The summed E-state index contributed by atoms with van der Waals surface area (Å²) in [5.74, 6) is 0. The van der Waals surface area contributed by atoms with Crippen molar-refractivity contribution in [3.05, 3.63) is 30.6 Å². The maximum Gasteiger partial charge on any atom is 0.0661 e. The first kappa shape index (κ1) is 13.2. The molecule has 4 nitrogen and oxygen atoms in total. The molecule has 0 spiro atoms. The van der Waals surface area contributed by atoms with Crippen LogP contribution in [0.5, 0.6) is 0 Å². The zero-order chi connectivity index (χ0) is 14.0. The van der Waals surface area contributed by atoms with Gasteiger partial charge in [-0.05, 0) is 25.0 Å². The van der Waals surface area contributed by atoms with Gasteiger partial charge in [0.25, 0.3) is 0 Å². The number of aromatic nitrogens is 1. The van der Waals surface area contributed by atoms with Gasteiger partial charge in [0.05, 0.1) is 23.5 Å². The molecule has 1 heterocycles. The summed E-state index contributed by atoms with van der Waals surface area (Å²) < 4.78 is 0. The van der Waals surface area contributed by atoms with Crippen molar-refractivity contribution in [2.75, 3.05) is 17.7 Å². The van der Waals surface area contributed by atoms with E-state index in [2.05, 4.69) is 10.3 Å². The van der Waals surface area contributed by atoms with Gasteiger partial charge >= 0.3 is 0 Å². The molecule has 0 unspecified atom stereocenters. The molecule has 1 saturated carbocycles. The summed E-state index contributed by atoms with van der Waals surface area (Å²) in [5, 5.41) is 15.4. The number of nitrogen functional groups attached to an aromatic ring is 1.